The van der Waals surface area contributed by atoms with E-state index in [2.05, 4.69) is 9.97 Å². The van der Waals surface area contributed by atoms with Crippen molar-refractivity contribution in [1.29, 1.82) is 0 Å². The van der Waals surface area contributed by atoms with Crippen molar-refractivity contribution in [2.45, 2.75) is 6.54 Å². The van der Waals surface area contributed by atoms with Crippen molar-refractivity contribution in [1.82, 2.24) is 14.5 Å². The number of imidazole rings is 1. The zero-order valence-corrected chi connectivity index (χ0v) is 11.1. The Morgan fingerprint density at radius 3 is 2.57 bits per heavy atom. The highest BCUT2D eigenvalue weighted by Crippen LogP contribution is 2.20. The standard InChI is InChI=1S/C15H12N4O2/c20-19(21)14-6-4-12(5-7-14)15-10-18(11-17-15)9-13-3-1-2-8-16-13/h1-8,10-11H,9H2. The predicted molar refractivity (Wildman–Crippen MR) is 77.7 cm³/mol. The molecule has 0 saturated heterocycles. The first-order valence-electron chi connectivity index (χ1n) is 6.39. The highest BCUT2D eigenvalue weighted by Gasteiger charge is 2.07. The van der Waals surface area contributed by atoms with Gasteiger partial charge in [0, 0.05) is 30.1 Å². The zero-order chi connectivity index (χ0) is 14.7. The van der Waals surface area contributed by atoms with Gasteiger partial charge in [-0.1, -0.05) is 6.07 Å². The average Bonchev–Trinajstić information content (AvgIpc) is 2.97. The number of non-ortho nitro benzene ring substituents is 1. The van der Waals surface area contributed by atoms with Crippen LogP contribution in [0.3, 0.4) is 0 Å². The first-order valence-corrected chi connectivity index (χ1v) is 6.39. The Bertz CT molecular complexity index is 751. The van der Waals surface area contributed by atoms with Gasteiger partial charge in [0.15, 0.2) is 0 Å². The van der Waals surface area contributed by atoms with Gasteiger partial charge in [-0.15, -0.1) is 0 Å². The lowest BCUT2D eigenvalue weighted by atomic mass is 10.1. The molecule has 0 amide bonds. The van der Waals surface area contributed by atoms with Crippen LogP contribution in [0.25, 0.3) is 11.3 Å². The summed E-state index contributed by atoms with van der Waals surface area (Å²) in [4.78, 5) is 18.8. The molecule has 3 rings (SSSR count). The quantitative estimate of drug-likeness (QED) is 0.544. The van der Waals surface area contributed by atoms with Crippen molar-refractivity contribution in [2.24, 2.45) is 0 Å². The van der Waals surface area contributed by atoms with Gasteiger partial charge < -0.3 is 4.57 Å². The fourth-order valence-electron chi connectivity index (χ4n) is 2.03. The van der Waals surface area contributed by atoms with Gasteiger partial charge in [-0.05, 0) is 24.3 Å². The lowest BCUT2D eigenvalue weighted by Crippen LogP contribution is -1.98. The van der Waals surface area contributed by atoms with E-state index in [4.69, 9.17) is 0 Å². The average molecular weight is 280 g/mol. The minimum absolute atomic E-state index is 0.0756. The molecule has 0 saturated carbocycles. The molecule has 0 aliphatic carbocycles. The van der Waals surface area contributed by atoms with Gasteiger partial charge in [-0.25, -0.2) is 4.98 Å². The Kier molecular flexibility index (Phi) is 3.42. The summed E-state index contributed by atoms with van der Waals surface area (Å²) in [6, 6.07) is 12.1. The third-order valence-electron chi connectivity index (χ3n) is 3.08. The third kappa shape index (κ3) is 2.94. The summed E-state index contributed by atoms with van der Waals surface area (Å²) in [5.74, 6) is 0. The second-order valence-corrected chi connectivity index (χ2v) is 4.56. The molecule has 2 heterocycles. The van der Waals surface area contributed by atoms with E-state index in [0.29, 0.717) is 6.54 Å². The molecular weight excluding hydrogens is 268 g/mol. The topological polar surface area (TPSA) is 73.8 Å². The first kappa shape index (κ1) is 13.0. The minimum Gasteiger partial charge on any atom is -0.331 e. The second-order valence-electron chi connectivity index (χ2n) is 4.56. The normalized spacial score (nSPS) is 10.5. The molecule has 21 heavy (non-hydrogen) atoms. The highest BCUT2D eigenvalue weighted by molar-refractivity contribution is 5.60. The van der Waals surface area contributed by atoms with Gasteiger partial charge >= 0.3 is 0 Å². The van der Waals surface area contributed by atoms with E-state index < -0.39 is 4.92 Å². The molecule has 1 aromatic carbocycles. The highest BCUT2D eigenvalue weighted by atomic mass is 16.6. The predicted octanol–water partition coefficient (Wildman–Crippen LogP) is 2.90. The van der Waals surface area contributed by atoms with Crippen LogP contribution in [0.1, 0.15) is 5.69 Å². The van der Waals surface area contributed by atoms with E-state index in [-0.39, 0.29) is 5.69 Å². The minimum atomic E-state index is -0.413. The molecular formula is C15H12N4O2. The SMILES string of the molecule is O=[N+]([O-])c1ccc(-c2cn(Cc3ccccn3)cn2)cc1. The summed E-state index contributed by atoms with van der Waals surface area (Å²) >= 11 is 0. The van der Waals surface area contributed by atoms with Crippen LogP contribution in [0.4, 0.5) is 5.69 Å². The maximum atomic E-state index is 10.6. The number of nitrogens with zero attached hydrogens (tertiary/aromatic N) is 4. The van der Waals surface area contributed by atoms with Crippen LogP contribution in [-0.4, -0.2) is 19.5 Å². The fourth-order valence-corrected chi connectivity index (χ4v) is 2.03. The number of aromatic nitrogens is 3. The maximum Gasteiger partial charge on any atom is 0.269 e. The fraction of sp³-hybridized carbons (Fsp3) is 0.0667. The number of hydrogen-bond donors (Lipinski definition) is 0. The number of nitro groups is 1. The Hall–Kier alpha value is -3.02. The van der Waals surface area contributed by atoms with Crippen molar-refractivity contribution in [3.63, 3.8) is 0 Å². The third-order valence-corrected chi connectivity index (χ3v) is 3.08. The van der Waals surface area contributed by atoms with Crippen molar-refractivity contribution in [3.8, 4) is 11.3 Å². The summed E-state index contributed by atoms with van der Waals surface area (Å²) in [6.07, 6.45) is 5.38. The van der Waals surface area contributed by atoms with Gasteiger partial charge in [0.2, 0.25) is 0 Å². The van der Waals surface area contributed by atoms with E-state index in [1.165, 1.54) is 12.1 Å². The molecule has 0 aliphatic rings. The summed E-state index contributed by atoms with van der Waals surface area (Å²) in [5.41, 5.74) is 2.65. The van der Waals surface area contributed by atoms with Crippen LogP contribution < -0.4 is 0 Å². The van der Waals surface area contributed by atoms with Gasteiger partial charge in [0.25, 0.3) is 5.69 Å². The molecule has 0 bridgehead atoms. The molecule has 0 atom stereocenters. The van der Waals surface area contributed by atoms with Gasteiger partial charge in [0.05, 0.1) is 29.2 Å². The van der Waals surface area contributed by atoms with E-state index in [9.17, 15) is 10.1 Å². The Labute approximate surface area is 120 Å². The maximum absolute atomic E-state index is 10.6. The van der Waals surface area contributed by atoms with Gasteiger partial charge in [-0.3, -0.25) is 15.1 Å². The molecule has 0 spiro atoms. The van der Waals surface area contributed by atoms with Crippen LogP contribution in [0, 0.1) is 10.1 Å². The molecule has 2 aromatic heterocycles. The van der Waals surface area contributed by atoms with Crippen molar-refractivity contribution in [3.05, 3.63) is 77.0 Å². The Balaban J connectivity index is 1.80. The summed E-state index contributed by atoms with van der Waals surface area (Å²) in [7, 11) is 0. The van der Waals surface area contributed by atoms with Crippen LogP contribution in [0.5, 0.6) is 0 Å². The number of pyridine rings is 1. The Morgan fingerprint density at radius 1 is 1.10 bits per heavy atom. The van der Waals surface area contributed by atoms with Crippen molar-refractivity contribution < 1.29 is 4.92 Å². The first-order chi connectivity index (χ1) is 10.2. The molecule has 0 unspecified atom stereocenters. The Morgan fingerprint density at radius 2 is 1.90 bits per heavy atom. The summed E-state index contributed by atoms with van der Waals surface area (Å²) in [6.45, 7) is 0.640. The summed E-state index contributed by atoms with van der Waals surface area (Å²) < 4.78 is 1.93. The van der Waals surface area contributed by atoms with E-state index in [0.717, 1.165) is 17.0 Å². The largest absolute Gasteiger partial charge is 0.331 e. The lowest BCUT2D eigenvalue weighted by Gasteiger charge is -2.00. The molecule has 6 nitrogen and oxygen atoms in total. The van der Waals surface area contributed by atoms with Gasteiger partial charge in [0.1, 0.15) is 0 Å². The van der Waals surface area contributed by atoms with Gasteiger partial charge in [-0.2, -0.15) is 0 Å². The van der Waals surface area contributed by atoms with Crippen LogP contribution >= 0.6 is 0 Å². The molecule has 0 N–H and O–H groups in total. The molecule has 3 aromatic rings. The molecule has 0 radical (unpaired) electrons. The molecule has 0 aliphatic heterocycles. The lowest BCUT2D eigenvalue weighted by molar-refractivity contribution is -0.384. The molecule has 0 fully saturated rings. The smallest absolute Gasteiger partial charge is 0.269 e. The van der Waals surface area contributed by atoms with E-state index >= 15 is 0 Å². The van der Waals surface area contributed by atoms with Crippen molar-refractivity contribution >= 4 is 5.69 Å². The van der Waals surface area contributed by atoms with Crippen molar-refractivity contribution in [2.75, 3.05) is 0 Å². The monoisotopic (exact) mass is 280 g/mol. The van der Waals surface area contributed by atoms with Crippen LogP contribution in [0.2, 0.25) is 0 Å². The summed E-state index contributed by atoms with van der Waals surface area (Å²) in [5, 5.41) is 10.6. The number of nitro benzene ring substituents is 1. The number of hydrogen-bond acceptors (Lipinski definition) is 4. The number of benzene rings is 1. The van der Waals surface area contributed by atoms with E-state index in [1.807, 2.05) is 29.0 Å². The second kappa shape index (κ2) is 5.54. The van der Waals surface area contributed by atoms with Crippen LogP contribution in [0.15, 0.2) is 61.2 Å². The zero-order valence-electron chi connectivity index (χ0n) is 11.1. The number of rotatable bonds is 4. The molecule has 104 valence electrons. The molecule has 6 heteroatoms. The van der Waals surface area contributed by atoms with E-state index in [1.54, 1.807) is 24.7 Å². The van der Waals surface area contributed by atoms with Crippen LogP contribution in [-0.2, 0) is 6.54 Å².